The number of nitrogens with zero attached hydrogens (tertiary/aromatic N) is 1. The van der Waals surface area contributed by atoms with E-state index in [2.05, 4.69) is 12.2 Å². The Labute approximate surface area is 104 Å². The predicted octanol–water partition coefficient (Wildman–Crippen LogP) is 1.16. The third kappa shape index (κ3) is 4.40. The molecule has 7 heteroatoms. The highest BCUT2D eigenvalue weighted by atomic mass is 32.1. The molecule has 0 amide bonds. The fraction of sp³-hybridized carbons (Fsp3) is 0.900. The number of nitrogens with two attached hydrogens (primary N) is 1. The molecule has 0 radical (unpaired) electrons. The highest BCUT2D eigenvalue weighted by Gasteiger charge is 2.42. The molecule has 1 saturated heterocycles. The maximum absolute atomic E-state index is 12.7. The van der Waals surface area contributed by atoms with Crippen molar-refractivity contribution in [1.29, 1.82) is 0 Å². The molecule has 1 rings (SSSR count). The van der Waals surface area contributed by atoms with Crippen LogP contribution in [0.3, 0.4) is 0 Å². The fourth-order valence-corrected chi connectivity index (χ4v) is 2.29. The lowest BCUT2D eigenvalue weighted by atomic mass is 9.97. The monoisotopic (exact) mass is 270 g/mol. The zero-order valence-electron chi connectivity index (χ0n) is 9.41. The van der Waals surface area contributed by atoms with E-state index in [1.807, 2.05) is 0 Å². The Morgan fingerprint density at radius 3 is 2.65 bits per heavy atom. The first-order valence-electron chi connectivity index (χ1n) is 5.54. The van der Waals surface area contributed by atoms with Crippen LogP contribution in [0.4, 0.5) is 13.2 Å². The summed E-state index contributed by atoms with van der Waals surface area (Å²) < 4.78 is 38.0. The van der Waals surface area contributed by atoms with E-state index in [9.17, 15) is 13.2 Å². The second-order valence-electron chi connectivity index (χ2n) is 4.45. The van der Waals surface area contributed by atoms with Gasteiger partial charge >= 0.3 is 6.18 Å². The Kier molecular flexibility index (Phi) is 5.15. The summed E-state index contributed by atoms with van der Waals surface area (Å²) in [4.78, 5) is 1.17. The molecule has 0 aliphatic carbocycles. The van der Waals surface area contributed by atoms with Crippen molar-refractivity contribution in [1.82, 2.24) is 4.90 Å². The second-order valence-corrected chi connectivity index (χ2v) is 4.92. The van der Waals surface area contributed by atoms with Gasteiger partial charge in [-0.05, 0) is 25.3 Å². The van der Waals surface area contributed by atoms with Crippen LogP contribution in [0, 0.1) is 11.8 Å². The fourth-order valence-electron chi connectivity index (χ4n) is 2.08. The number of aliphatic hydroxyl groups excluding tert-OH is 1. The maximum atomic E-state index is 12.7. The van der Waals surface area contributed by atoms with Gasteiger partial charge in [0, 0.05) is 19.7 Å². The van der Waals surface area contributed by atoms with Crippen molar-refractivity contribution in [3.05, 3.63) is 0 Å². The Morgan fingerprint density at radius 2 is 2.18 bits per heavy atom. The first-order chi connectivity index (χ1) is 7.84. The van der Waals surface area contributed by atoms with Gasteiger partial charge in [-0.2, -0.15) is 13.2 Å². The lowest BCUT2D eigenvalue weighted by Gasteiger charge is -2.34. The topological polar surface area (TPSA) is 49.5 Å². The summed E-state index contributed by atoms with van der Waals surface area (Å²) in [6.45, 7) is 0.896. The van der Waals surface area contributed by atoms with Crippen LogP contribution in [0.5, 0.6) is 0 Å². The van der Waals surface area contributed by atoms with Gasteiger partial charge in [0.2, 0.25) is 0 Å². The van der Waals surface area contributed by atoms with Gasteiger partial charge in [0.25, 0.3) is 0 Å². The van der Waals surface area contributed by atoms with Gasteiger partial charge < -0.3 is 15.7 Å². The number of likely N-dealkylation sites (tertiary alicyclic amines) is 1. The number of halogens is 3. The van der Waals surface area contributed by atoms with Crippen LogP contribution in [0.15, 0.2) is 0 Å². The molecule has 17 heavy (non-hydrogen) atoms. The molecule has 1 heterocycles. The molecule has 100 valence electrons. The van der Waals surface area contributed by atoms with Crippen molar-refractivity contribution in [2.24, 2.45) is 17.6 Å². The average molecular weight is 270 g/mol. The molecule has 0 saturated carbocycles. The van der Waals surface area contributed by atoms with E-state index in [1.165, 1.54) is 0 Å². The standard InChI is InChI=1S/C10H17F3N2OS/c11-10(12,13)8(9(14)17)5-15-3-1-2-7(4-15)6-16/h7-8,16H,1-6H2,(H2,14,17). The highest BCUT2D eigenvalue weighted by Crippen LogP contribution is 2.28. The predicted molar refractivity (Wildman–Crippen MR) is 62.6 cm³/mol. The van der Waals surface area contributed by atoms with Crippen molar-refractivity contribution < 1.29 is 18.3 Å². The molecule has 0 aromatic heterocycles. The average Bonchev–Trinajstić information content (AvgIpc) is 2.24. The quantitative estimate of drug-likeness (QED) is 0.753. The van der Waals surface area contributed by atoms with Gasteiger partial charge in [0.05, 0.1) is 4.99 Å². The van der Waals surface area contributed by atoms with Gasteiger partial charge in [0.15, 0.2) is 0 Å². The van der Waals surface area contributed by atoms with Gasteiger partial charge in [-0.3, -0.25) is 0 Å². The molecule has 3 nitrogen and oxygen atoms in total. The van der Waals surface area contributed by atoms with Gasteiger partial charge in [-0.25, -0.2) is 0 Å². The van der Waals surface area contributed by atoms with E-state index < -0.39 is 17.1 Å². The molecule has 0 aromatic carbocycles. The summed E-state index contributed by atoms with van der Waals surface area (Å²) in [6.07, 6.45) is -2.73. The Balaban J connectivity index is 2.58. The van der Waals surface area contributed by atoms with Crippen LogP contribution in [0.25, 0.3) is 0 Å². The molecule has 1 fully saturated rings. The van der Waals surface area contributed by atoms with Crippen molar-refractivity contribution in [3.8, 4) is 0 Å². The SMILES string of the molecule is NC(=S)C(CN1CCCC(CO)C1)C(F)(F)F. The molecule has 0 aromatic rings. The largest absolute Gasteiger partial charge is 0.399 e. The van der Waals surface area contributed by atoms with Crippen LogP contribution in [-0.4, -0.2) is 47.4 Å². The molecular formula is C10H17F3N2OS. The van der Waals surface area contributed by atoms with E-state index >= 15 is 0 Å². The normalized spacial score (nSPS) is 24.6. The summed E-state index contributed by atoms with van der Waals surface area (Å²) in [5.41, 5.74) is 5.14. The van der Waals surface area contributed by atoms with Crippen LogP contribution < -0.4 is 5.73 Å². The van der Waals surface area contributed by atoms with Crippen LogP contribution in [0.1, 0.15) is 12.8 Å². The van der Waals surface area contributed by atoms with E-state index in [0.717, 1.165) is 12.8 Å². The minimum absolute atomic E-state index is 0.0141. The Bertz CT molecular complexity index is 273. The molecule has 1 aliphatic rings. The van der Waals surface area contributed by atoms with Crippen molar-refractivity contribution in [2.75, 3.05) is 26.2 Å². The maximum Gasteiger partial charge on any atom is 0.399 e. The highest BCUT2D eigenvalue weighted by molar-refractivity contribution is 7.80. The molecule has 0 spiro atoms. The summed E-state index contributed by atoms with van der Waals surface area (Å²) in [7, 11) is 0. The summed E-state index contributed by atoms with van der Waals surface area (Å²) >= 11 is 4.47. The molecule has 2 atom stereocenters. The van der Waals surface area contributed by atoms with E-state index in [-0.39, 0.29) is 19.1 Å². The minimum Gasteiger partial charge on any atom is -0.396 e. The van der Waals surface area contributed by atoms with Gasteiger partial charge in [-0.15, -0.1) is 0 Å². The van der Waals surface area contributed by atoms with Crippen molar-refractivity contribution in [2.45, 2.75) is 19.0 Å². The summed E-state index contributed by atoms with van der Waals surface area (Å²) in [6, 6.07) is 0. The number of thiocarbonyl (C=S) groups is 1. The van der Waals surface area contributed by atoms with E-state index in [4.69, 9.17) is 10.8 Å². The molecule has 1 aliphatic heterocycles. The zero-order chi connectivity index (χ0) is 13.1. The van der Waals surface area contributed by atoms with E-state index in [0.29, 0.717) is 13.1 Å². The van der Waals surface area contributed by atoms with Crippen molar-refractivity contribution in [3.63, 3.8) is 0 Å². The molecule has 2 unspecified atom stereocenters. The second kappa shape index (κ2) is 5.97. The molecule has 3 N–H and O–H groups in total. The first kappa shape index (κ1) is 14.7. The lowest BCUT2D eigenvalue weighted by molar-refractivity contribution is -0.160. The number of alkyl halides is 3. The molecule has 0 bridgehead atoms. The summed E-state index contributed by atoms with van der Waals surface area (Å²) in [5.74, 6) is -1.70. The first-order valence-corrected chi connectivity index (χ1v) is 5.94. The van der Waals surface area contributed by atoms with Crippen molar-refractivity contribution >= 4 is 17.2 Å². The van der Waals surface area contributed by atoms with Crippen LogP contribution >= 0.6 is 12.2 Å². The van der Waals surface area contributed by atoms with Crippen LogP contribution in [0.2, 0.25) is 0 Å². The van der Waals surface area contributed by atoms with Crippen LogP contribution in [-0.2, 0) is 0 Å². The van der Waals surface area contributed by atoms with Gasteiger partial charge in [0.1, 0.15) is 5.92 Å². The number of hydrogen-bond acceptors (Lipinski definition) is 3. The number of rotatable bonds is 4. The summed E-state index contributed by atoms with van der Waals surface area (Å²) in [5, 5.41) is 9.01. The van der Waals surface area contributed by atoms with Gasteiger partial charge in [-0.1, -0.05) is 12.2 Å². The molecular weight excluding hydrogens is 253 g/mol. The number of piperidine rings is 1. The smallest absolute Gasteiger partial charge is 0.396 e. The third-order valence-electron chi connectivity index (χ3n) is 3.04. The zero-order valence-corrected chi connectivity index (χ0v) is 10.2. The third-order valence-corrected chi connectivity index (χ3v) is 3.33. The lowest BCUT2D eigenvalue weighted by Crippen LogP contribution is -2.47. The Morgan fingerprint density at radius 1 is 1.53 bits per heavy atom. The number of aliphatic hydroxyl groups is 1. The Hall–Kier alpha value is -0.400. The van der Waals surface area contributed by atoms with E-state index in [1.54, 1.807) is 4.90 Å². The number of hydrogen-bond donors (Lipinski definition) is 2. The minimum atomic E-state index is -4.39.